The van der Waals surface area contributed by atoms with Crippen molar-refractivity contribution in [3.05, 3.63) is 17.8 Å². The Kier molecular flexibility index (Phi) is 4.47. The van der Waals surface area contributed by atoms with Gasteiger partial charge in [-0.15, -0.1) is 0 Å². The number of hydrogen-bond acceptors (Lipinski definition) is 4. The first-order valence-electron chi connectivity index (χ1n) is 6.63. The van der Waals surface area contributed by atoms with E-state index in [1.165, 1.54) is 6.33 Å². The number of nitrogens with zero attached hydrogens (tertiary/aromatic N) is 3. The molecule has 0 saturated carbocycles. The zero-order valence-corrected chi connectivity index (χ0v) is 11.1. The molecule has 18 heavy (non-hydrogen) atoms. The summed E-state index contributed by atoms with van der Waals surface area (Å²) in [6, 6.07) is 0. The summed E-state index contributed by atoms with van der Waals surface area (Å²) in [5.41, 5.74) is 0.497. The molecule has 0 unspecified atom stereocenters. The van der Waals surface area contributed by atoms with Crippen molar-refractivity contribution in [1.82, 2.24) is 15.3 Å². The molecule has 0 radical (unpaired) electrons. The minimum Gasteiger partial charge on any atom is -0.357 e. The fraction of sp³-hybridized carbons (Fsp3) is 0.692. The van der Waals surface area contributed by atoms with E-state index in [0.29, 0.717) is 23.9 Å². The summed E-state index contributed by atoms with van der Waals surface area (Å²) in [6.07, 6.45) is 4.36. The Morgan fingerprint density at radius 3 is 2.78 bits per heavy atom. The number of nitrogens with one attached hydrogen (secondary N) is 1. The van der Waals surface area contributed by atoms with Crippen LogP contribution in [0.3, 0.4) is 0 Å². The number of rotatable bonds is 4. The highest BCUT2D eigenvalue weighted by atomic mass is 19.1. The fourth-order valence-corrected chi connectivity index (χ4v) is 2.45. The number of anilines is 1. The summed E-state index contributed by atoms with van der Waals surface area (Å²) >= 11 is 0. The quantitative estimate of drug-likeness (QED) is 0.884. The smallest absolute Gasteiger partial charge is 0.187 e. The van der Waals surface area contributed by atoms with E-state index in [1.807, 2.05) is 18.9 Å². The predicted molar refractivity (Wildman–Crippen MR) is 70.2 cm³/mol. The van der Waals surface area contributed by atoms with Crippen LogP contribution in [0.1, 0.15) is 25.5 Å². The third-order valence-electron chi connectivity index (χ3n) is 3.53. The van der Waals surface area contributed by atoms with Crippen molar-refractivity contribution in [2.45, 2.75) is 26.2 Å². The van der Waals surface area contributed by atoms with Crippen LogP contribution in [0, 0.1) is 11.7 Å². The zero-order chi connectivity index (χ0) is 13.0. The second-order valence-electron chi connectivity index (χ2n) is 4.89. The molecule has 2 heterocycles. The summed E-state index contributed by atoms with van der Waals surface area (Å²) in [6.45, 7) is 4.89. The lowest BCUT2D eigenvalue weighted by molar-refractivity contribution is 0.376. The summed E-state index contributed by atoms with van der Waals surface area (Å²) < 4.78 is 14.1. The van der Waals surface area contributed by atoms with Gasteiger partial charge in [0.1, 0.15) is 6.33 Å². The summed E-state index contributed by atoms with van der Waals surface area (Å²) in [4.78, 5) is 9.96. The van der Waals surface area contributed by atoms with E-state index in [0.717, 1.165) is 32.5 Å². The highest BCUT2D eigenvalue weighted by Crippen LogP contribution is 2.20. The van der Waals surface area contributed by atoms with Crippen molar-refractivity contribution in [2.24, 2.45) is 5.92 Å². The van der Waals surface area contributed by atoms with E-state index in [-0.39, 0.29) is 5.82 Å². The van der Waals surface area contributed by atoms with Crippen LogP contribution in [0.2, 0.25) is 0 Å². The maximum absolute atomic E-state index is 14.1. The number of hydrogen-bond donors (Lipinski definition) is 1. The average Bonchev–Trinajstić information content (AvgIpc) is 2.40. The molecular formula is C13H21FN4. The van der Waals surface area contributed by atoms with E-state index in [9.17, 15) is 4.39 Å². The molecule has 1 aliphatic heterocycles. The minimum absolute atomic E-state index is 0.267. The Balaban J connectivity index is 2.05. The molecule has 100 valence electrons. The molecule has 0 aromatic carbocycles. The molecule has 5 heteroatoms. The molecule has 1 saturated heterocycles. The van der Waals surface area contributed by atoms with Crippen molar-refractivity contribution in [1.29, 1.82) is 0 Å². The second-order valence-corrected chi connectivity index (χ2v) is 4.89. The largest absolute Gasteiger partial charge is 0.357 e. The van der Waals surface area contributed by atoms with Gasteiger partial charge in [0.25, 0.3) is 0 Å². The van der Waals surface area contributed by atoms with Gasteiger partial charge in [-0.2, -0.15) is 0 Å². The molecule has 1 aromatic rings. The van der Waals surface area contributed by atoms with Crippen molar-refractivity contribution in [2.75, 3.05) is 31.6 Å². The Hall–Kier alpha value is -1.23. The van der Waals surface area contributed by atoms with Crippen LogP contribution >= 0.6 is 0 Å². The van der Waals surface area contributed by atoms with Crippen molar-refractivity contribution < 1.29 is 4.39 Å². The van der Waals surface area contributed by atoms with E-state index < -0.39 is 0 Å². The third kappa shape index (κ3) is 2.96. The highest BCUT2D eigenvalue weighted by molar-refractivity contribution is 5.40. The van der Waals surface area contributed by atoms with E-state index in [1.54, 1.807) is 0 Å². The summed E-state index contributed by atoms with van der Waals surface area (Å²) in [5.74, 6) is 0.785. The minimum atomic E-state index is -0.267. The normalized spacial score (nSPS) is 16.8. The predicted octanol–water partition coefficient (Wildman–Crippen LogP) is 1.61. The Labute approximate surface area is 108 Å². The van der Waals surface area contributed by atoms with Crippen LogP contribution in [-0.4, -0.2) is 36.6 Å². The third-order valence-corrected chi connectivity index (χ3v) is 3.53. The van der Waals surface area contributed by atoms with Gasteiger partial charge in [0.05, 0.1) is 5.69 Å². The molecule has 1 fully saturated rings. The topological polar surface area (TPSA) is 41.1 Å². The Morgan fingerprint density at radius 2 is 2.11 bits per heavy atom. The van der Waals surface area contributed by atoms with Crippen LogP contribution < -0.4 is 10.2 Å². The Bertz CT molecular complexity index is 391. The van der Waals surface area contributed by atoms with Crippen molar-refractivity contribution in [3.63, 3.8) is 0 Å². The first-order chi connectivity index (χ1) is 8.72. The van der Waals surface area contributed by atoms with Gasteiger partial charge in [-0.25, -0.2) is 14.4 Å². The zero-order valence-electron chi connectivity index (χ0n) is 11.1. The lowest BCUT2D eigenvalue weighted by Crippen LogP contribution is -2.35. The van der Waals surface area contributed by atoms with Crippen LogP contribution in [0.4, 0.5) is 10.2 Å². The molecule has 1 N–H and O–H groups in total. The van der Waals surface area contributed by atoms with E-state index >= 15 is 0 Å². The highest BCUT2D eigenvalue weighted by Gasteiger charge is 2.19. The summed E-state index contributed by atoms with van der Waals surface area (Å²) in [5, 5.41) is 3.34. The lowest BCUT2D eigenvalue weighted by atomic mass is 9.98. The lowest BCUT2D eigenvalue weighted by Gasteiger charge is -2.28. The molecular weight excluding hydrogens is 231 g/mol. The molecule has 1 aromatic heterocycles. The van der Waals surface area contributed by atoms with E-state index in [2.05, 4.69) is 15.3 Å². The molecule has 0 aliphatic carbocycles. The standard InChI is InChI=1S/C13H21FN4/c1-3-11-12(14)13(17-9-16-11)18(2)8-10-4-6-15-7-5-10/h9-10,15H,3-8H2,1-2H3. The van der Waals surface area contributed by atoms with Gasteiger partial charge < -0.3 is 10.2 Å². The first kappa shape index (κ1) is 13.2. The molecule has 0 spiro atoms. The summed E-state index contributed by atoms with van der Waals surface area (Å²) in [7, 11) is 1.91. The SMILES string of the molecule is CCc1ncnc(N(C)CC2CCNCC2)c1F. The van der Waals surface area contributed by atoms with Gasteiger partial charge in [0.15, 0.2) is 11.6 Å². The van der Waals surface area contributed by atoms with Crippen molar-refractivity contribution in [3.8, 4) is 0 Å². The van der Waals surface area contributed by atoms with Gasteiger partial charge in [-0.05, 0) is 38.3 Å². The van der Waals surface area contributed by atoms with Crippen LogP contribution in [0.25, 0.3) is 0 Å². The van der Waals surface area contributed by atoms with Crippen LogP contribution in [0.5, 0.6) is 0 Å². The van der Waals surface area contributed by atoms with Gasteiger partial charge in [0, 0.05) is 13.6 Å². The maximum Gasteiger partial charge on any atom is 0.187 e. The Morgan fingerprint density at radius 1 is 1.39 bits per heavy atom. The number of halogens is 1. The molecule has 0 amide bonds. The molecule has 1 aliphatic rings. The average molecular weight is 252 g/mol. The molecule has 4 nitrogen and oxygen atoms in total. The fourth-order valence-electron chi connectivity index (χ4n) is 2.45. The maximum atomic E-state index is 14.1. The van der Waals surface area contributed by atoms with Crippen molar-refractivity contribution >= 4 is 5.82 Å². The number of aromatic nitrogens is 2. The monoisotopic (exact) mass is 252 g/mol. The van der Waals surface area contributed by atoms with Gasteiger partial charge >= 0.3 is 0 Å². The number of piperidine rings is 1. The van der Waals surface area contributed by atoms with Gasteiger partial charge in [-0.3, -0.25) is 0 Å². The molecule has 2 rings (SSSR count). The second kappa shape index (κ2) is 6.09. The molecule has 0 atom stereocenters. The van der Waals surface area contributed by atoms with Gasteiger partial charge in [0.2, 0.25) is 0 Å². The molecule has 0 bridgehead atoms. The van der Waals surface area contributed by atoms with Crippen LogP contribution in [-0.2, 0) is 6.42 Å². The van der Waals surface area contributed by atoms with Gasteiger partial charge in [-0.1, -0.05) is 6.92 Å². The van der Waals surface area contributed by atoms with E-state index in [4.69, 9.17) is 0 Å². The van der Waals surface area contributed by atoms with Crippen LogP contribution in [0.15, 0.2) is 6.33 Å². The number of aryl methyl sites for hydroxylation is 1. The first-order valence-corrected chi connectivity index (χ1v) is 6.63.